The molecule has 0 radical (unpaired) electrons. The molecule has 0 unspecified atom stereocenters. The predicted octanol–water partition coefficient (Wildman–Crippen LogP) is 3.87. The molecule has 1 aromatic heterocycles. The Hall–Kier alpha value is -2.49. The van der Waals surface area contributed by atoms with Crippen molar-refractivity contribution in [1.82, 2.24) is 4.98 Å². The molecule has 21 heavy (non-hydrogen) atoms. The van der Waals surface area contributed by atoms with Crippen LogP contribution in [0.1, 0.15) is 18.1 Å². The number of carbonyl (C=O) groups excluding carboxylic acids is 1. The van der Waals surface area contributed by atoms with E-state index in [9.17, 15) is 4.79 Å². The highest BCUT2D eigenvalue weighted by molar-refractivity contribution is 6.13. The number of benzene rings is 2. The third-order valence-corrected chi connectivity index (χ3v) is 3.87. The van der Waals surface area contributed by atoms with Gasteiger partial charge in [0.25, 0.3) is 0 Å². The van der Waals surface area contributed by atoms with E-state index in [1.165, 1.54) is 6.92 Å². The van der Waals surface area contributed by atoms with Crippen LogP contribution in [0.2, 0.25) is 0 Å². The molecule has 4 nitrogen and oxygen atoms in total. The number of aromatic amines is 1. The molecule has 4 heteroatoms. The number of ether oxygens (including phenoxy) is 2. The minimum absolute atomic E-state index is 0.358. The fourth-order valence-electron chi connectivity index (χ4n) is 2.79. The van der Waals surface area contributed by atoms with Crippen molar-refractivity contribution in [1.29, 1.82) is 0 Å². The number of carbonyl (C=O) groups is 1. The second-order valence-corrected chi connectivity index (χ2v) is 5.13. The molecule has 0 amide bonds. The van der Waals surface area contributed by atoms with Crippen LogP contribution in [0.4, 0.5) is 0 Å². The molecule has 0 atom stereocenters. The topological polar surface area (TPSA) is 51.3 Å². The van der Waals surface area contributed by atoms with E-state index in [1.807, 2.05) is 38.1 Å². The lowest BCUT2D eigenvalue weighted by Crippen LogP contribution is -2.05. The van der Waals surface area contributed by atoms with Crippen LogP contribution in [0.15, 0.2) is 24.3 Å². The zero-order valence-electron chi connectivity index (χ0n) is 12.5. The Balaban J connectivity index is 2.54. The molecule has 0 saturated heterocycles. The van der Waals surface area contributed by atoms with Crippen LogP contribution in [0.5, 0.6) is 11.5 Å². The summed E-state index contributed by atoms with van der Waals surface area (Å²) in [6.07, 6.45) is 0. The van der Waals surface area contributed by atoms with Gasteiger partial charge in [0.1, 0.15) is 0 Å². The van der Waals surface area contributed by atoms with Gasteiger partial charge >= 0.3 is 5.97 Å². The monoisotopic (exact) mass is 283 g/mol. The lowest BCUT2D eigenvalue weighted by atomic mass is 10.0. The van der Waals surface area contributed by atoms with Crippen LogP contribution < -0.4 is 9.47 Å². The number of hydrogen-bond donors (Lipinski definition) is 1. The van der Waals surface area contributed by atoms with Crippen LogP contribution in [0, 0.1) is 13.8 Å². The molecule has 0 aliphatic heterocycles. The van der Waals surface area contributed by atoms with E-state index in [4.69, 9.17) is 9.47 Å². The number of fused-ring (bicyclic) bond motifs is 3. The first-order valence-corrected chi connectivity index (χ1v) is 6.80. The molecule has 108 valence electrons. The number of esters is 1. The van der Waals surface area contributed by atoms with E-state index >= 15 is 0 Å². The van der Waals surface area contributed by atoms with Gasteiger partial charge in [0.2, 0.25) is 0 Å². The van der Waals surface area contributed by atoms with E-state index in [0.717, 1.165) is 32.9 Å². The molecular formula is C17H17NO3. The first kappa shape index (κ1) is 13.5. The molecule has 0 spiro atoms. The van der Waals surface area contributed by atoms with Crippen molar-refractivity contribution in [3.05, 3.63) is 35.4 Å². The Morgan fingerprint density at radius 2 is 1.81 bits per heavy atom. The minimum atomic E-state index is -0.358. The Bertz CT molecular complexity index is 861. The highest BCUT2D eigenvalue weighted by Crippen LogP contribution is 2.44. The zero-order valence-corrected chi connectivity index (χ0v) is 12.5. The van der Waals surface area contributed by atoms with Crippen LogP contribution in [0.25, 0.3) is 21.8 Å². The molecule has 1 N–H and O–H groups in total. The summed E-state index contributed by atoms with van der Waals surface area (Å²) in [4.78, 5) is 14.9. The average molecular weight is 283 g/mol. The van der Waals surface area contributed by atoms with Gasteiger partial charge in [-0.05, 0) is 31.0 Å². The van der Waals surface area contributed by atoms with Gasteiger partial charge in [0.05, 0.1) is 18.0 Å². The third kappa shape index (κ3) is 1.95. The van der Waals surface area contributed by atoms with Crippen molar-refractivity contribution >= 4 is 27.8 Å². The Labute approximate surface area is 122 Å². The van der Waals surface area contributed by atoms with Crippen molar-refractivity contribution in [2.45, 2.75) is 20.8 Å². The fraction of sp³-hybridized carbons (Fsp3) is 0.235. The fourth-order valence-corrected chi connectivity index (χ4v) is 2.79. The van der Waals surface area contributed by atoms with Crippen LogP contribution in [-0.4, -0.2) is 18.1 Å². The SMILES string of the molecule is COc1c(C)c(C)c2[nH]c3ccccc3c2c1OC(C)=O. The molecule has 0 aliphatic carbocycles. The summed E-state index contributed by atoms with van der Waals surface area (Å²) >= 11 is 0. The van der Waals surface area contributed by atoms with Gasteiger partial charge in [-0.25, -0.2) is 0 Å². The van der Waals surface area contributed by atoms with Crippen molar-refractivity contribution in [2.24, 2.45) is 0 Å². The number of H-pyrrole nitrogens is 1. The van der Waals surface area contributed by atoms with Gasteiger partial charge < -0.3 is 14.5 Å². The number of rotatable bonds is 2. The molecule has 1 heterocycles. The zero-order chi connectivity index (χ0) is 15.1. The first-order chi connectivity index (χ1) is 10.0. The van der Waals surface area contributed by atoms with Gasteiger partial charge in [0, 0.05) is 17.8 Å². The maximum atomic E-state index is 11.5. The van der Waals surface area contributed by atoms with Crippen LogP contribution in [-0.2, 0) is 4.79 Å². The number of methoxy groups -OCH3 is 1. The summed E-state index contributed by atoms with van der Waals surface area (Å²) in [5.74, 6) is 0.739. The summed E-state index contributed by atoms with van der Waals surface area (Å²) in [5, 5.41) is 1.91. The maximum absolute atomic E-state index is 11.5. The molecule has 0 saturated carbocycles. The van der Waals surface area contributed by atoms with Crippen molar-refractivity contribution < 1.29 is 14.3 Å². The highest BCUT2D eigenvalue weighted by Gasteiger charge is 2.21. The third-order valence-electron chi connectivity index (χ3n) is 3.87. The molecule has 0 fully saturated rings. The van der Waals surface area contributed by atoms with Crippen molar-refractivity contribution in [3.63, 3.8) is 0 Å². The van der Waals surface area contributed by atoms with Crippen LogP contribution >= 0.6 is 0 Å². The number of para-hydroxylation sites is 1. The molecule has 2 aromatic carbocycles. The molecule has 0 aliphatic rings. The van der Waals surface area contributed by atoms with Crippen LogP contribution in [0.3, 0.4) is 0 Å². The van der Waals surface area contributed by atoms with Gasteiger partial charge in [-0.1, -0.05) is 18.2 Å². The maximum Gasteiger partial charge on any atom is 0.308 e. The molecule has 3 aromatic rings. The number of hydrogen-bond acceptors (Lipinski definition) is 3. The summed E-state index contributed by atoms with van der Waals surface area (Å²) < 4.78 is 11.0. The summed E-state index contributed by atoms with van der Waals surface area (Å²) in [6, 6.07) is 7.96. The lowest BCUT2D eigenvalue weighted by molar-refractivity contribution is -0.131. The van der Waals surface area contributed by atoms with E-state index in [1.54, 1.807) is 7.11 Å². The van der Waals surface area contributed by atoms with Gasteiger partial charge in [0.15, 0.2) is 11.5 Å². The highest BCUT2D eigenvalue weighted by atomic mass is 16.6. The molecule has 0 bridgehead atoms. The summed E-state index contributed by atoms with van der Waals surface area (Å²) in [6.45, 7) is 5.40. The Morgan fingerprint density at radius 3 is 2.48 bits per heavy atom. The van der Waals surface area contributed by atoms with E-state index in [-0.39, 0.29) is 5.97 Å². The van der Waals surface area contributed by atoms with E-state index in [2.05, 4.69) is 4.98 Å². The number of nitrogens with one attached hydrogen (secondary N) is 1. The number of aryl methyl sites for hydroxylation is 1. The molecule has 3 rings (SSSR count). The quantitative estimate of drug-likeness (QED) is 0.573. The Morgan fingerprint density at radius 1 is 1.10 bits per heavy atom. The first-order valence-electron chi connectivity index (χ1n) is 6.80. The smallest absolute Gasteiger partial charge is 0.308 e. The van der Waals surface area contributed by atoms with E-state index < -0.39 is 0 Å². The normalized spacial score (nSPS) is 11.0. The average Bonchev–Trinajstić information content (AvgIpc) is 2.84. The number of aromatic nitrogens is 1. The lowest BCUT2D eigenvalue weighted by Gasteiger charge is -2.15. The van der Waals surface area contributed by atoms with Gasteiger partial charge in [-0.3, -0.25) is 4.79 Å². The molecular weight excluding hydrogens is 266 g/mol. The van der Waals surface area contributed by atoms with Gasteiger partial charge in [-0.2, -0.15) is 0 Å². The summed E-state index contributed by atoms with van der Waals surface area (Å²) in [5.41, 5.74) is 4.05. The predicted molar refractivity (Wildman–Crippen MR) is 83.1 cm³/mol. The second-order valence-electron chi connectivity index (χ2n) is 5.13. The van der Waals surface area contributed by atoms with Crippen molar-refractivity contribution in [2.75, 3.05) is 7.11 Å². The summed E-state index contributed by atoms with van der Waals surface area (Å²) in [7, 11) is 1.59. The largest absolute Gasteiger partial charge is 0.493 e. The Kier molecular flexibility index (Phi) is 3.09. The van der Waals surface area contributed by atoms with E-state index in [0.29, 0.717) is 11.5 Å². The standard InChI is InChI=1S/C17H17NO3/c1-9-10(2)16(20-4)17(21-11(3)19)14-12-7-5-6-8-13(12)18-15(9)14/h5-8,18H,1-4H3. The second kappa shape index (κ2) is 4.81. The van der Waals surface area contributed by atoms with Crippen molar-refractivity contribution in [3.8, 4) is 11.5 Å². The van der Waals surface area contributed by atoms with Gasteiger partial charge in [-0.15, -0.1) is 0 Å². The minimum Gasteiger partial charge on any atom is -0.493 e.